The minimum absolute atomic E-state index is 0.121. The van der Waals surface area contributed by atoms with Crippen molar-refractivity contribution in [3.63, 3.8) is 0 Å². The van der Waals surface area contributed by atoms with E-state index in [9.17, 15) is 14.7 Å². The van der Waals surface area contributed by atoms with Gasteiger partial charge in [0.1, 0.15) is 11.5 Å². The maximum Gasteiger partial charge on any atom is 0.295 e. The number of benzene rings is 1. The molecule has 1 saturated heterocycles. The maximum atomic E-state index is 13.1. The number of nitrogens with zero attached hydrogens (tertiary/aromatic N) is 2. The lowest BCUT2D eigenvalue weighted by molar-refractivity contribution is -0.139. The predicted molar refractivity (Wildman–Crippen MR) is 120 cm³/mol. The SMILES string of the molecule is CCCCN1C(=O)C(=O)/C(=C(/O)c2cc(C(C)C)c(OC)cc2C)C1c1ccncc1. The Labute approximate surface area is 183 Å². The van der Waals surface area contributed by atoms with E-state index in [1.807, 2.05) is 39.8 Å². The van der Waals surface area contributed by atoms with Crippen LogP contribution in [0.3, 0.4) is 0 Å². The first kappa shape index (κ1) is 22.5. The number of aliphatic hydroxyl groups is 1. The smallest absolute Gasteiger partial charge is 0.295 e. The zero-order valence-corrected chi connectivity index (χ0v) is 18.8. The maximum absolute atomic E-state index is 13.1. The Bertz CT molecular complexity index is 1010. The van der Waals surface area contributed by atoms with Crippen LogP contribution in [0.4, 0.5) is 0 Å². The Kier molecular flexibility index (Phi) is 6.78. The summed E-state index contributed by atoms with van der Waals surface area (Å²) in [5, 5.41) is 11.4. The zero-order valence-electron chi connectivity index (χ0n) is 18.8. The summed E-state index contributed by atoms with van der Waals surface area (Å²) in [6.07, 6.45) is 4.92. The molecule has 0 spiro atoms. The van der Waals surface area contributed by atoms with Crippen LogP contribution in [0.1, 0.15) is 67.8 Å². The minimum Gasteiger partial charge on any atom is -0.507 e. The second-order valence-corrected chi connectivity index (χ2v) is 8.19. The van der Waals surface area contributed by atoms with Crippen LogP contribution in [0.15, 0.2) is 42.2 Å². The van der Waals surface area contributed by atoms with Crippen LogP contribution in [-0.2, 0) is 9.59 Å². The molecule has 1 atom stereocenters. The highest BCUT2D eigenvalue weighted by Gasteiger charge is 2.45. The number of pyridine rings is 1. The van der Waals surface area contributed by atoms with E-state index in [1.54, 1.807) is 36.5 Å². The Morgan fingerprint density at radius 3 is 2.48 bits per heavy atom. The molecular formula is C25H30N2O4. The molecule has 0 radical (unpaired) electrons. The van der Waals surface area contributed by atoms with E-state index >= 15 is 0 Å². The number of hydrogen-bond donors (Lipinski definition) is 1. The number of hydrogen-bond acceptors (Lipinski definition) is 5. The van der Waals surface area contributed by atoms with Gasteiger partial charge >= 0.3 is 0 Å². The molecule has 1 fully saturated rings. The van der Waals surface area contributed by atoms with E-state index in [-0.39, 0.29) is 17.3 Å². The zero-order chi connectivity index (χ0) is 22.7. The summed E-state index contributed by atoms with van der Waals surface area (Å²) in [5.41, 5.74) is 3.11. The normalized spacial score (nSPS) is 18.1. The molecule has 1 amide bonds. The molecular weight excluding hydrogens is 392 g/mol. The second kappa shape index (κ2) is 9.33. The van der Waals surface area contributed by atoms with Crippen LogP contribution >= 0.6 is 0 Å². The average Bonchev–Trinajstić information content (AvgIpc) is 3.02. The van der Waals surface area contributed by atoms with Crippen molar-refractivity contribution in [3.8, 4) is 5.75 Å². The van der Waals surface area contributed by atoms with Crippen molar-refractivity contribution in [2.75, 3.05) is 13.7 Å². The summed E-state index contributed by atoms with van der Waals surface area (Å²) in [6.45, 7) is 8.42. The summed E-state index contributed by atoms with van der Waals surface area (Å²) >= 11 is 0. The first-order valence-electron chi connectivity index (χ1n) is 10.7. The number of aryl methyl sites for hydroxylation is 1. The van der Waals surface area contributed by atoms with Gasteiger partial charge in [-0.15, -0.1) is 0 Å². The molecule has 1 N–H and O–H groups in total. The van der Waals surface area contributed by atoms with Gasteiger partial charge in [-0.3, -0.25) is 14.6 Å². The number of carbonyl (C=O) groups excluding carboxylic acids is 2. The number of ketones is 1. The lowest BCUT2D eigenvalue weighted by atomic mass is 9.91. The van der Waals surface area contributed by atoms with Crippen LogP contribution in [0.2, 0.25) is 0 Å². The summed E-state index contributed by atoms with van der Waals surface area (Å²) < 4.78 is 5.50. The largest absolute Gasteiger partial charge is 0.507 e. The van der Waals surface area contributed by atoms with E-state index < -0.39 is 17.7 Å². The molecule has 1 aromatic carbocycles. The van der Waals surface area contributed by atoms with Gasteiger partial charge in [-0.2, -0.15) is 0 Å². The Morgan fingerprint density at radius 1 is 1.23 bits per heavy atom. The fraction of sp³-hybridized carbons (Fsp3) is 0.400. The average molecular weight is 423 g/mol. The van der Waals surface area contributed by atoms with E-state index in [1.165, 1.54) is 0 Å². The second-order valence-electron chi connectivity index (χ2n) is 8.19. The molecule has 1 aliphatic heterocycles. The van der Waals surface area contributed by atoms with E-state index in [4.69, 9.17) is 4.74 Å². The van der Waals surface area contributed by atoms with Crippen LogP contribution in [0, 0.1) is 6.92 Å². The summed E-state index contributed by atoms with van der Waals surface area (Å²) in [5.74, 6) is -0.492. The van der Waals surface area contributed by atoms with Crippen molar-refractivity contribution in [3.05, 3.63) is 64.5 Å². The van der Waals surface area contributed by atoms with Gasteiger partial charge in [0, 0.05) is 24.5 Å². The molecule has 164 valence electrons. The number of methoxy groups -OCH3 is 1. The fourth-order valence-electron chi connectivity index (χ4n) is 4.06. The van der Waals surface area contributed by atoms with Gasteiger partial charge in [0.15, 0.2) is 0 Å². The molecule has 0 bridgehead atoms. The molecule has 31 heavy (non-hydrogen) atoms. The van der Waals surface area contributed by atoms with E-state index in [0.29, 0.717) is 12.1 Å². The summed E-state index contributed by atoms with van der Waals surface area (Å²) in [7, 11) is 1.61. The number of amides is 1. The predicted octanol–water partition coefficient (Wildman–Crippen LogP) is 4.74. The fourth-order valence-corrected chi connectivity index (χ4v) is 4.06. The van der Waals surface area contributed by atoms with Gasteiger partial charge in [-0.05, 0) is 60.2 Å². The molecule has 3 rings (SSSR count). The van der Waals surface area contributed by atoms with Gasteiger partial charge in [-0.25, -0.2) is 0 Å². The van der Waals surface area contributed by atoms with Gasteiger partial charge in [0.2, 0.25) is 0 Å². The number of Topliss-reactive ketones (excluding diaryl/α,β-unsaturated/α-hetero) is 1. The van der Waals surface area contributed by atoms with Crippen molar-refractivity contribution in [1.82, 2.24) is 9.88 Å². The Balaban J connectivity index is 2.23. The van der Waals surface area contributed by atoms with Gasteiger partial charge in [0.05, 0.1) is 18.7 Å². The van der Waals surface area contributed by atoms with Crippen LogP contribution < -0.4 is 4.74 Å². The van der Waals surface area contributed by atoms with Gasteiger partial charge in [-0.1, -0.05) is 27.2 Å². The molecule has 6 heteroatoms. The number of unbranched alkanes of at least 4 members (excludes halogenated alkanes) is 1. The Morgan fingerprint density at radius 2 is 1.90 bits per heavy atom. The monoisotopic (exact) mass is 422 g/mol. The molecule has 2 heterocycles. The Hall–Kier alpha value is -3.15. The lowest BCUT2D eigenvalue weighted by Gasteiger charge is -2.25. The third-order valence-electron chi connectivity index (χ3n) is 5.77. The van der Waals surface area contributed by atoms with Gasteiger partial charge in [0.25, 0.3) is 11.7 Å². The molecule has 1 aromatic heterocycles. The van der Waals surface area contributed by atoms with Crippen LogP contribution in [-0.4, -0.2) is 40.3 Å². The molecule has 1 aliphatic rings. The van der Waals surface area contributed by atoms with Crippen LogP contribution in [0.25, 0.3) is 5.76 Å². The van der Waals surface area contributed by atoms with Crippen molar-refractivity contribution in [1.29, 1.82) is 0 Å². The third-order valence-corrected chi connectivity index (χ3v) is 5.77. The topological polar surface area (TPSA) is 79.7 Å². The van der Waals surface area contributed by atoms with Crippen molar-refractivity contribution >= 4 is 17.4 Å². The third kappa shape index (κ3) is 4.20. The molecule has 0 saturated carbocycles. The number of ether oxygens (including phenoxy) is 1. The number of carbonyl (C=O) groups is 2. The lowest BCUT2D eigenvalue weighted by Crippen LogP contribution is -2.30. The van der Waals surface area contributed by atoms with E-state index in [2.05, 4.69) is 4.98 Å². The summed E-state index contributed by atoms with van der Waals surface area (Å²) in [4.78, 5) is 31.6. The minimum atomic E-state index is -0.656. The molecule has 2 aromatic rings. The van der Waals surface area contributed by atoms with Crippen molar-refractivity contribution < 1.29 is 19.4 Å². The number of likely N-dealkylation sites (tertiary alicyclic amines) is 1. The first-order valence-corrected chi connectivity index (χ1v) is 10.7. The summed E-state index contributed by atoms with van der Waals surface area (Å²) in [6, 6.07) is 6.64. The van der Waals surface area contributed by atoms with Crippen molar-refractivity contribution in [2.24, 2.45) is 0 Å². The highest BCUT2D eigenvalue weighted by atomic mass is 16.5. The molecule has 0 aliphatic carbocycles. The highest BCUT2D eigenvalue weighted by Crippen LogP contribution is 2.41. The first-order chi connectivity index (χ1) is 14.8. The number of rotatable bonds is 7. The van der Waals surface area contributed by atoms with E-state index in [0.717, 1.165) is 35.3 Å². The standard InChI is InChI=1S/C25H30N2O4/c1-6-7-12-27-22(17-8-10-26-11-9-17)21(24(29)25(27)30)23(28)19-14-18(15(2)3)20(31-5)13-16(19)4/h8-11,13-15,22,28H,6-7,12H2,1-5H3/b23-21+. The number of aliphatic hydroxyl groups excluding tert-OH is 1. The quantitative estimate of drug-likeness (QED) is 0.396. The molecule has 6 nitrogen and oxygen atoms in total. The number of aromatic nitrogens is 1. The van der Waals surface area contributed by atoms with Crippen molar-refractivity contribution in [2.45, 2.75) is 52.5 Å². The van der Waals surface area contributed by atoms with Crippen LogP contribution in [0.5, 0.6) is 5.75 Å². The highest BCUT2D eigenvalue weighted by molar-refractivity contribution is 6.46. The molecule has 1 unspecified atom stereocenters. The van der Waals surface area contributed by atoms with Gasteiger partial charge < -0.3 is 14.7 Å².